The molecule has 30 heavy (non-hydrogen) atoms. The molecule has 0 spiro atoms. The lowest BCUT2D eigenvalue weighted by atomic mass is 10.0. The van der Waals surface area contributed by atoms with Crippen LogP contribution in [-0.4, -0.2) is 10.2 Å². The van der Waals surface area contributed by atoms with Gasteiger partial charge in [-0.3, -0.25) is 0 Å². The fourth-order valence-electron chi connectivity index (χ4n) is 3.47. The smallest absolute Gasteiger partial charge is 0.248 e. The van der Waals surface area contributed by atoms with E-state index in [1.807, 2.05) is 42.5 Å². The van der Waals surface area contributed by atoms with E-state index in [9.17, 15) is 0 Å². The third kappa shape index (κ3) is 4.57. The number of nitrogens with zero attached hydrogens (tertiary/aromatic N) is 2. The third-order valence-electron chi connectivity index (χ3n) is 5.31. The summed E-state index contributed by atoms with van der Waals surface area (Å²) in [5, 5.41) is 8.41. The van der Waals surface area contributed by atoms with Crippen molar-refractivity contribution in [1.29, 1.82) is 0 Å². The molecule has 0 bridgehead atoms. The molecule has 0 N–H and O–H groups in total. The molecule has 4 rings (SSSR count). The quantitative estimate of drug-likeness (QED) is 0.291. The average molecular weight is 395 g/mol. The Morgan fingerprint density at radius 3 is 1.73 bits per heavy atom. The van der Waals surface area contributed by atoms with E-state index in [2.05, 4.69) is 60.1 Å². The first-order valence-electron chi connectivity index (χ1n) is 10.5. The minimum absolute atomic E-state index is 0.517. The minimum atomic E-state index is 0.517. The molecule has 3 aromatic carbocycles. The SMILES string of the molecule is C=Cc1ccc(-c2nnc(-c3ccc(-c4ccc(CCCCC)cc4)cc3)o2)cc1. The lowest BCUT2D eigenvalue weighted by molar-refractivity contribution is 0.584. The molecular formula is C27H26N2O. The van der Waals surface area contributed by atoms with Gasteiger partial charge in [0, 0.05) is 11.1 Å². The molecule has 0 saturated carbocycles. The summed E-state index contributed by atoms with van der Waals surface area (Å²) in [4.78, 5) is 0. The Labute approximate surface area is 178 Å². The van der Waals surface area contributed by atoms with E-state index in [1.54, 1.807) is 0 Å². The molecule has 0 radical (unpaired) electrons. The van der Waals surface area contributed by atoms with Gasteiger partial charge in [0.1, 0.15) is 0 Å². The van der Waals surface area contributed by atoms with Gasteiger partial charge in [-0.25, -0.2) is 0 Å². The Morgan fingerprint density at radius 1 is 0.700 bits per heavy atom. The Bertz CT molecular complexity index is 1090. The molecular weight excluding hydrogens is 368 g/mol. The van der Waals surface area contributed by atoms with Gasteiger partial charge < -0.3 is 4.42 Å². The van der Waals surface area contributed by atoms with Crippen LogP contribution in [0.3, 0.4) is 0 Å². The van der Waals surface area contributed by atoms with Crippen molar-refractivity contribution in [2.45, 2.75) is 32.6 Å². The van der Waals surface area contributed by atoms with Gasteiger partial charge in [0.05, 0.1) is 0 Å². The first-order chi connectivity index (χ1) is 14.8. The first-order valence-corrected chi connectivity index (χ1v) is 10.5. The van der Waals surface area contributed by atoms with Gasteiger partial charge >= 0.3 is 0 Å². The molecule has 0 saturated heterocycles. The number of aromatic nitrogens is 2. The van der Waals surface area contributed by atoms with Crippen molar-refractivity contribution in [3.63, 3.8) is 0 Å². The molecule has 0 atom stereocenters. The fourth-order valence-corrected chi connectivity index (χ4v) is 3.47. The van der Waals surface area contributed by atoms with Gasteiger partial charge in [0.25, 0.3) is 0 Å². The van der Waals surface area contributed by atoms with Gasteiger partial charge in [-0.1, -0.05) is 81.0 Å². The van der Waals surface area contributed by atoms with E-state index >= 15 is 0 Å². The second-order valence-corrected chi connectivity index (χ2v) is 7.47. The number of benzene rings is 3. The predicted octanol–water partition coefficient (Wildman–Crippen LogP) is 7.45. The average Bonchev–Trinajstić information content (AvgIpc) is 3.30. The summed E-state index contributed by atoms with van der Waals surface area (Å²) < 4.78 is 5.89. The van der Waals surface area contributed by atoms with Gasteiger partial charge in [-0.2, -0.15) is 0 Å². The van der Waals surface area contributed by atoms with Crippen molar-refractivity contribution in [3.05, 3.63) is 90.5 Å². The minimum Gasteiger partial charge on any atom is -0.416 e. The Balaban J connectivity index is 1.47. The molecule has 1 heterocycles. The van der Waals surface area contributed by atoms with Crippen molar-refractivity contribution < 1.29 is 4.42 Å². The van der Waals surface area contributed by atoms with Crippen LogP contribution < -0.4 is 0 Å². The largest absolute Gasteiger partial charge is 0.416 e. The van der Waals surface area contributed by atoms with Gasteiger partial charge in [0.15, 0.2) is 0 Å². The van der Waals surface area contributed by atoms with Crippen LogP contribution in [-0.2, 0) is 6.42 Å². The van der Waals surface area contributed by atoms with Crippen LogP contribution in [0.1, 0.15) is 37.3 Å². The van der Waals surface area contributed by atoms with E-state index in [0.717, 1.165) is 23.1 Å². The maximum Gasteiger partial charge on any atom is 0.248 e. The van der Waals surface area contributed by atoms with Crippen LogP contribution in [0, 0.1) is 0 Å². The molecule has 0 aliphatic rings. The van der Waals surface area contributed by atoms with E-state index < -0.39 is 0 Å². The van der Waals surface area contributed by atoms with Gasteiger partial charge in [0.2, 0.25) is 11.8 Å². The summed E-state index contributed by atoms with van der Waals surface area (Å²) in [5.41, 5.74) is 6.67. The second kappa shape index (κ2) is 9.36. The van der Waals surface area contributed by atoms with Crippen LogP contribution >= 0.6 is 0 Å². The summed E-state index contributed by atoms with van der Waals surface area (Å²) in [7, 11) is 0. The van der Waals surface area contributed by atoms with Crippen LogP contribution in [0.25, 0.3) is 40.1 Å². The normalized spacial score (nSPS) is 10.8. The van der Waals surface area contributed by atoms with E-state index in [-0.39, 0.29) is 0 Å². The summed E-state index contributed by atoms with van der Waals surface area (Å²) >= 11 is 0. The van der Waals surface area contributed by atoms with E-state index in [0.29, 0.717) is 11.8 Å². The zero-order valence-electron chi connectivity index (χ0n) is 17.3. The molecule has 0 aliphatic heterocycles. The summed E-state index contributed by atoms with van der Waals surface area (Å²) in [6.45, 7) is 6.01. The van der Waals surface area contributed by atoms with Crippen molar-refractivity contribution >= 4 is 6.08 Å². The molecule has 0 amide bonds. The summed E-state index contributed by atoms with van der Waals surface area (Å²) in [5.74, 6) is 1.04. The molecule has 0 aliphatic carbocycles. The lowest BCUT2D eigenvalue weighted by Crippen LogP contribution is -1.86. The zero-order chi connectivity index (χ0) is 20.8. The summed E-state index contributed by atoms with van der Waals surface area (Å²) in [6.07, 6.45) is 6.77. The Kier molecular flexibility index (Phi) is 6.19. The number of rotatable bonds is 8. The topological polar surface area (TPSA) is 38.9 Å². The predicted molar refractivity (Wildman–Crippen MR) is 124 cm³/mol. The van der Waals surface area contributed by atoms with Crippen LogP contribution in [0.4, 0.5) is 0 Å². The highest BCUT2D eigenvalue weighted by atomic mass is 16.4. The molecule has 1 aromatic heterocycles. The molecule has 0 fully saturated rings. The maximum absolute atomic E-state index is 5.89. The highest BCUT2D eigenvalue weighted by Gasteiger charge is 2.10. The number of hydrogen-bond acceptors (Lipinski definition) is 3. The monoisotopic (exact) mass is 394 g/mol. The number of hydrogen-bond donors (Lipinski definition) is 0. The van der Waals surface area contributed by atoms with E-state index in [4.69, 9.17) is 4.42 Å². The standard InChI is InChI=1S/C27H26N2O/c1-3-5-6-7-21-10-12-22(13-11-21)23-16-18-25(19-17-23)27-29-28-26(30-27)24-14-8-20(4-2)9-15-24/h4,8-19H,2-3,5-7H2,1H3. The Hall–Kier alpha value is -3.46. The second-order valence-electron chi connectivity index (χ2n) is 7.47. The molecule has 0 unspecified atom stereocenters. The Morgan fingerprint density at radius 2 is 1.20 bits per heavy atom. The van der Waals surface area contributed by atoms with Crippen molar-refractivity contribution in [1.82, 2.24) is 10.2 Å². The van der Waals surface area contributed by atoms with Crippen LogP contribution in [0.15, 0.2) is 83.8 Å². The van der Waals surface area contributed by atoms with Crippen molar-refractivity contribution in [2.24, 2.45) is 0 Å². The van der Waals surface area contributed by atoms with Crippen molar-refractivity contribution in [2.75, 3.05) is 0 Å². The van der Waals surface area contributed by atoms with Crippen LogP contribution in [0.2, 0.25) is 0 Å². The molecule has 150 valence electrons. The van der Waals surface area contributed by atoms with E-state index in [1.165, 1.54) is 36.0 Å². The lowest BCUT2D eigenvalue weighted by Gasteiger charge is -2.05. The van der Waals surface area contributed by atoms with Crippen molar-refractivity contribution in [3.8, 4) is 34.0 Å². The fraction of sp³-hybridized carbons (Fsp3) is 0.185. The number of aryl methyl sites for hydroxylation is 1. The molecule has 4 aromatic rings. The highest BCUT2D eigenvalue weighted by molar-refractivity contribution is 5.68. The zero-order valence-corrected chi connectivity index (χ0v) is 17.3. The third-order valence-corrected chi connectivity index (χ3v) is 5.31. The van der Waals surface area contributed by atoms with Gasteiger partial charge in [-0.05, 0) is 59.4 Å². The maximum atomic E-state index is 5.89. The highest BCUT2D eigenvalue weighted by Crippen LogP contribution is 2.27. The number of unbranched alkanes of at least 4 members (excludes halogenated alkanes) is 2. The first kappa shape index (κ1) is 19.8. The molecule has 3 heteroatoms. The van der Waals surface area contributed by atoms with Gasteiger partial charge in [-0.15, -0.1) is 10.2 Å². The van der Waals surface area contributed by atoms with Crippen LogP contribution in [0.5, 0.6) is 0 Å². The molecule has 3 nitrogen and oxygen atoms in total. The summed E-state index contributed by atoms with van der Waals surface area (Å²) in [6, 6.07) is 25.0.